The van der Waals surface area contributed by atoms with E-state index in [2.05, 4.69) is 30.6 Å². The molecular weight excluding hydrogens is 427 g/mol. The van der Waals surface area contributed by atoms with Crippen LogP contribution in [0.3, 0.4) is 0 Å². The van der Waals surface area contributed by atoms with Gasteiger partial charge in [0.15, 0.2) is 16.7 Å². The smallest absolute Gasteiger partial charge is 0.278 e. The number of halogens is 1. The molecule has 0 radical (unpaired) electrons. The van der Waals surface area contributed by atoms with Crippen LogP contribution in [0.4, 0.5) is 10.2 Å². The van der Waals surface area contributed by atoms with Gasteiger partial charge in [0, 0.05) is 31.3 Å². The minimum atomic E-state index is -0.453. The summed E-state index contributed by atoms with van der Waals surface area (Å²) in [6.45, 7) is 0. The largest absolute Gasteiger partial charge is 0.311 e. The standard InChI is InChI=1S/C18H15FN8OS2/c1-26-10-21-24-18(26)30-14-9-20-17(29-12-5-3-11(19)4-6-12)15(23-14)16(28)22-13-7-8-27(2)25-13/h3-10H,1-2H3,(H,22,25,28). The van der Waals surface area contributed by atoms with Gasteiger partial charge in [-0.25, -0.2) is 14.4 Å². The fraction of sp³-hybridized carbons (Fsp3) is 0.111. The lowest BCUT2D eigenvalue weighted by atomic mass is 10.3. The third-order valence-electron chi connectivity index (χ3n) is 3.78. The summed E-state index contributed by atoms with van der Waals surface area (Å²) in [5.74, 6) is -0.395. The van der Waals surface area contributed by atoms with Gasteiger partial charge in [-0.2, -0.15) is 5.10 Å². The molecule has 0 bridgehead atoms. The topological polar surface area (TPSA) is 103 Å². The molecule has 0 aliphatic heterocycles. The molecule has 0 atom stereocenters. The third kappa shape index (κ3) is 4.66. The Morgan fingerprint density at radius 1 is 1.13 bits per heavy atom. The van der Waals surface area contributed by atoms with Gasteiger partial charge in [0.25, 0.3) is 5.91 Å². The number of aromatic nitrogens is 7. The zero-order chi connectivity index (χ0) is 21.1. The zero-order valence-corrected chi connectivity index (χ0v) is 17.5. The number of carbonyl (C=O) groups excluding carboxylic acids is 1. The van der Waals surface area contributed by atoms with Gasteiger partial charge in [-0.05, 0) is 36.0 Å². The first kappa shape index (κ1) is 20.0. The van der Waals surface area contributed by atoms with Crippen molar-refractivity contribution in [2.24, 2.45) is 14.1 Å². The average molecular weight is 443 g/mol. The van der Waals surface area contributed by atoms with Crippen LogP contribution in [0.2, 0.25) is 0 Å². The second-order valence-corrected chi connectivity index (χ2v) is 8.12. The van der Waals surface area contributed by atoms with Crippen molar-refractivity contribution in [3.05, 3.63) is 60.6 Å². The number of nitrogens with one attached hydrogen (secondary N) is 1. The Hall–Kier alpha value is -3.25. The minimum Gasteiger partial charge on any atom is -0.311 e. The van der Waals surface area contributed by atoms with Gasteiger partial charge >= 0.3 is 0 Å². The predicted octanol–water partition coefficient (Wildman–Crippen LogP) is 3.03. The molecule has 0 saturated carbocycles. The summed E-state index contributed by atoms with van der Waals surface area (Å²) >= 11 is 2.45. The lowest BCUT2D eigenvalue weighted by molar-refractivity contribution is 0.101. The number of hydrogen-bond donors (Lipinski definition) is 1. The van der Waals surface area contributed by atoms with E-state index in [-0.39, 0.29) is 11.5 Å². The van der Waals surface area contributed by atoms with Gasteiger partial charge in [-0.1, -0.05) is 11.8 Å². The van der Waals surface area contributed by atoms with E-state index >= 15 is 0 Å². The number of rotatable bonds is 6. The molecule has 0 fully saturated rings. The number of benzene rings is 1. The molecule has 3 aromatic heterocycles. The Bertz CT molecular complexity index is 1190. The molecule has 12 heteroatoms. The molecule has 1 amide bonds. The van der Waals surface area contributed by atoms with Crippen molar-refractivity contribution in [1.82, 2.24) is 34.5 Å². The molecule has 0 aliphatic rings. The Balaban J connectivity index is 1.65. The van der Waals surface area contributed by atoms with Gasteiger partial charge in [0.1, 0.15) is 22.2 Å². The molecule has 4 rings (SSSR count). The van der Waals surface area contributed by atoms with E-state index in [0.29, 0.717) is 21.0 Å². The first-order valence-corrected chi connectivity index (χ1v) is 10.2. The second-order valence-electron chi connectivity index (χ2n) is 6.07. The summed E-state index contributed by atoms with van der Waals surface area (Å²) in [5, 5.41) is 16.2. The fourth-order valence-electron chi connectivity index (χ4n) is 2.36. The Labute approximate surface area is 179 Å². The van der Waals surface area contributed by atoms with E-state index in [0.717, 1.165) is 4.90 Å². The van der Waals surface area contributed by atoms with Crippen LogP contribution < -0.4 is 5.32 Å². The summed E-state index contributed by atoms with van der Waals surface area (Å²) in [6, 6.07) is 7.61. The van der Waals surface area contributed by atoms with Crippen molar-refractivity contribution < 1.29 is 9.18 Å². The maximum Gasteiger partial charge on any atom is 0.278 e. The molecule has 152 valence electrons. The minimum absolute atomic E-state index is 0.127. The highest BCUT2D eigenvalue weighted by molar-refractivity contribution is 7.99. The molecule has 1 aromatic carbocycles. The van der Waals surface area contributed by atoms with Crippen LogP contribution in [-0.4, -0.2) is 40.4 Å². The number of aryl methyl sites for hydroxylation is 2. The van der Waals surface area contributed by atoms with E-state index in [1.165, 1.54) is 35.7 Å². The first-order chi connectivity index (χ1) is 14.5. The normalized spacial score (nSPS) is 10.9. The maximum absolute atomic E-state index is 13.2. The van der Waals surface area contributed by atoms with Crippen LogP contribution in [0.15, 0.2) is 69.2 Å². The number of amides is 1. The van der Waals surface area contributed by atoms with Gasteiger partial charge in [0.2, 0.25) is 0 Å². The van der Waals surface area contributed by atoms with Crippen LogP contribution >= 0.6 is 23.5 Å². The highest BCUT2D eigenvalue weighted by Gasteiger charge is 2.19. The molecule has 0 unspecified atom stereocenters. The molecule has 0 saturated heterocycles. The van der Waals surface area contributed by atoms with Crippen LogP contribution in [0.5, 0.6) is 0 Å². The number of anilines is 1. The van der Waals surface area contributed by atoms with Crippen molar-refractivity contribution in [3.8, 4) is 0 Å². The lowest BCUT2D eigenvalue weighted by Gasteiger charge is -2.09. The zero-order valence-electron chi connectivity index (χ0n) is 15.9. The molecule has 1 N–H and O–H groups in total. The number of nitrogens with zero attached hydrogens (tertiary/aromatic N) is 7. The molecular formula is C18H15FN8OS2. The molecule has 0 spiro atoms. The summed E-state index contributed by atoms with van der Waals surface area (Å²) in [6.07, 6.45) is 4.85. The van der Waals surface area contributed by atoms with E-state index in [1.807, 2.05) is 7.05 Å². The first-order valence-electron chi connectivity index (χ1n) is 8.61. The van der Waals surface area contributed by atoms with Crippen molar-refractivity contribution in [1.29, 1.82) is 0 Å². The highest BCUT2D eigenvalue weighted by atomic mass is 32.2. The quantitative estimate of drug-likeness (QED) is 0.486. The van der Waals surface area contributed by atoms with E-state index in [1.54, 1.807) is 53.2 Å². The third-order valence-corrected chi connectivity index (χ3v) is 5.74. The molecule has 0 aliphatic carbocycles. The van der Waals surface area contributed by atoms with Crippen LogP contribution in [0.25, 0.3) is 0 Å². The summed E-state index contributed by atoms with van der Waals surface area (Å²) in [7, 11) is 3.56. The highest BCUT2D eigenvalue weighted by Crippen LogP contribution is 2.31. The van der Waals surface area contributed by atoms with Gasteiger partial charge in [-0.3, -0.25) is 9.48 Å². The second kappa shape index (κ2) is 8.63. The Morgan fingerprint density at radius 2 is 1.93 bits per heavy atom. The van der Waals surface area contributed by atoms with Crippen LogP contribution in [-0.2, 0) is 14.1 Å². The van der Waals surface area contributed by atoms with Crippen molar-refractivity contribution in [2.45, 2.75) is 20.1 Å². The summed E-state index contributed by atoms with van der Waals surface area (Å²) < 4.78 is 16.5. The molecule has 4 aromatic rings. The molecule has 3 heterocycles. The molecule has 9 nitrogen and oxygen atoms in total. The summed E-state index contributed by atoms with van der Waals surface area (Å²) in [4.78, 5) is 22.6. The van der Waals surface area contributed by atoms with Crippen LogP contribution in [0, 0.1) is 5.82 Å². The van der Waals surface area contributed by atoms with Gasteiger partial charge < -0.3 is 9.88 Å². The average Bonchev–Trinajstić information content (AvgIpc) is 3.32. The van der Waals surface area contributed by atoms with Crippen molar-refractivity contribution in [2.75, 3.05) is 5.32 Å². The Kier molecular flexibility index (Phi) is 5.77. The van der Waals surface area contributed by atoms with E-state index < -0.39 is 5.91 Å². The monoisotopic (exact) mass is 442 g/mol. The number of carbonyl (C=O) groups is 1. The van der Waals surface area contributed by atoms with Crippen molar-refractivity contribution >= 4 is 35.2 Å². The van der Waals surface area contributed by atoms with Crippen LogP contribution in [0.1, 0.15) is 10.5 Å². The van der Waals surface area contributed by atoms with Gasteiger partial charge in [-0.15, -0.1) is 10.2 Å². The maximum atomic E-state index is 13.2. The number of hydrogen-bond acceptors (Lipinski definition) is 8. The van der Waals surface area contributed by atoms with E-state index in [4.69, 9.17) is 0 Å². The van der Waals surface area contributed by atoms with Crippen molar-refractivity contribution in [3.63, 3.8) is 0 Å². The summed E-state index contributed by atoms with van der Waals surface area (Å²) in [5.41, 5.74) is 0.127. The van der Waals surface area contributed by atoms with E-state index in [9.17, 15) is 9.18 Å². The fourth-order valence-corrected chi connectivity index (χ4v) is 3.91. The predicted molar refractivity (Wildman–Crippen MR) is 109 cm³/mol. The van der Waals surface area contributed by atoms with Gasteiger partial charge in [0.05, 0.1) is 6.20 Å². The Morgan fingerprint density at radius 3 is 2.60 bits per heavy atom. The lowest BCUT2D eigenvalue weighted by Crippen LogP contribution is -2.16. The SMILES string of the molecule is Cn1ccc(NC(=O)c2nc(Sc3nncn3C)cnc2Sc2ccc(F)cc2)n1. The molecule has 30 heavy (non-hydrogen) atoms.